The molecule has 3 aromatic rings. The van der Waals surface area contributed by atoms with Crippen molar-refractivity contribution in [3.8, 4) is 0 Å². The number of benzene rings is 1. The summed E-state index contributed by atoms with van der Waals surface area (Å²) in [7, 11) is 0. The topological polar surface area (TPSA) is 71.3 Å². The minimum Gasteiger partial charge on any atom is -0.467 e. The summed E-state index contributed by atoms with van der Waals surface area (Å²) in [6.07, 6.45) is 2.56. The van der Waals surface area contributed by atoms with Crippen LogP contribution in [0.2, 0.25) is 0 Å². The molecule has 0 saturated heterocycles. The number of hydrogen-bond acceptors (Lipinski definition) is 7. The van der Waals surface area contributed by atoms with Gasteiger partial charge in [-0.05, 0) is 30.2 Å². The molecule has 0 radical (unpaired) electrons. The maximum Gasteiger partial charge on any atom is 0.237 e. The number of rotatable bonds is 6. The molecule has 0 bridgehead atoms. The largest absolute Gasteiger partial charge is 0.467 e. The average Bonchev–Trinajstić information content (AvgIpc) is 3.38. The van der Waals surface area contributed by atoms with Gasteiger partial charge in [-0.1, -0.05) is 41.3 Å². The van der Waals surface area contributed by atoms with E-state index in [1.807, 2.05) is 35.2 Å². The van der Waals surface area contributed by atoms with Crippen LogP contribution in [0.25, 0.3) is 0 Å². The number of amides is 1. The van der Waals surface area contributed by atoms with Gasteiger partial charge in [0.05, 0.1) is 18.6 Å². The first-order valence-corrected chi connectivity index (χ1v) is 9.70. The summed E-state index contributed by atoms with van der Waals surface area (Å²) in [5.41, 5.74) is 2.27. The van der Waals surface area contributed by atoms with Gasteiger partial charge in [-0.3, -0.25) is 4.79 Å². The zero-order chi connectivity index (χ0) is 17.1. The van der Waals surface area contributed by atoms with Crippen LogP contribution >= 0.6 is 23.1 Å². The number of carbonyl (C=O) groups is 1. The first kappa shape index (κ1) is 16.2. The van der Waals surface area contributed by atoms with Gasteiger partial charge in [-0.2, -0.15) is 0 Å². The lowest BCUT2D eigenvalue weighted by molar-refractivity contribution is -0.116. The summed E-state index contributed by atoms with van der Waals surface area (Å²) < 4.78 is 6.05. The molecule has 1 aromatic carbocycles. The lowest BCUT2D eigenvalue weighted by Gasteiger charge is -2.16. The number of carbonyl (C=O) groups excluding carboxylic acids is 1. The van der Waals surface area contributed by atoms with Crippen LogP contribution in [0.5, 0.6) is 0 Å². The van der Waals surface area contributed by atoms with Crippen LogP contribution in [0, 0.1) is 0 Å². The normalized spacial score (nSPS) is 13.0. The minimum absolute atomic E-state index is 0.107. The predicted molar refractivity (Wildman–Crippen MR) is 99.2 cm³/mol. The Hall–Kier alpha value is -2.32. The van der Waals surface area contributed by atoms with Gasteiger partial charge in [0.1, 0.15) is 5.76 Å². The number of nitrogens with one attached hydrogen (secondary N) is 1. The fourth-order valence-corrected chi connectivity index (χ4v) is 4.34. The Balaban J connectivity index is 1.31. The Morgan fingerprint density at radius 3 is 3.08 bits per heavy atom. The van der Waals surface area contributed by atoms with E-state index in [9.17, 15) is 4.79 Å². The highest BCUT2D eigenvalue weighted by Crippen LogP contribution is 2.30. The third-order valence-electron chi connectivity index (χ3n) is 3.91. The molecule has 2 aromatic heterocycles. The molecule has 0 saturated carbocycles. The molecule has 0 atom stereocenters. The second-order valence-corrected chi connectivity index (χ2v) is 7.72. The smallest absolute Gasteiger partial charge is 0.237 e. The van der Waals surface area contributed by atoms with Gasteiger partial charge in [0.25, 0.3) is 0 Å². The van der Waals surface area contributed by atoms with Crippen LogP contribution in [-0.4, -0.2) is 28.4 Å². The van der Waals surface area contributed by atoms with Crippen molar-refractivity contribution in [3.05, 3.63) is 54.0 Å². The molecule has 1 aliphatic rings. The number of aromatic nitrogens is 2. The molecule has 8 heteroatoms. The summed E-state index contributed by atoms with van der Waals surface area (Å²) in [5.74, 6) is 1.31. The van der Waals surface area contributed by atoms with E-state index in [1.54, 1.807) is 6.26 Å². The molecular formula is C17H16N4O2S2. The molecule has 1 N–H and O–H groups in total. The Morgan fingerprint density at radius 1 is 1.28 bits per heavy atom. The number of anilines is 2. The standard InChI is InChI=1S/C17H16N4O2S2/c22-15(21-8-7-12-4-1-2-6-14(12)21)11-24-17-20-19-16(25-17)18-10-13-5-3-9-23-13/h1-6,9H,7-8,10-11H2,(H,18,19). The van der Waals surface area contributed by atoms with Crippen LogP contribution in [-0.2, 0) is 17.8 Å². The lowest BCUT2D eigenvalue weighted by Crippen LogP contribution is -2.30. The van der Waals surface area contributed by atoms with Crippen molar-refractivity contribution in [2.75, 3.05) is 22.5 Å². The summed E-state index contributed by atoms with van der Waals surface area (Å²) in [5, 5.41) is 12.1. The van der Waals surface area contributed by atoms with E-state index in [1.165, 1.54) is 28.7 Å². The van der Waals surface area contributed by atoms with Gasteiger partial charge in [-0.25, -0.2) is 0 Å². The van der Waals surface area contributed by atoms with Gasteiger partial charge in [0.2, 0.25) is 11.0 Å². The first-order valence-electron chi connectivity index (χ1n) is 7.90. The molecule has 3 heterocycles. The maximum atomic E-state index is 12.5. The van der Waals surface area contributed by atoms with E-state index in [-0.39, 0.29) is 5.91 Å². The van der Waals surface area contributed by atoms with Gasteiger partial charge in [0.15, 0.2) is 4.34 Å². The number of fused-ring (bicyclic) bond motifs is 1. The molecule has 4 rings (SSSR count). The molecule has 128 valence electrons. The number of thioether (sulfide) groups is 1. The third-order valence-corrected chi connectivity index (χ3v) is 5.91. The van der Waals surface area contributed by atoms with Crippen LogP contribution in [0.1, 0.15) is 11.3 Å². The van der Waals surface area contributed by atoms with E-state index in [2.05, 4.69) is 21.6 Å². The van der Waals surface area contributed by atoms with Crippen molar-refractivity contribution in [3.63, 3.8) is 0 Å². The first-order chi connectivity index (χ1) is 12.3. The SMILES string of the molecule is O=C(CSc1nnc(NCc2ccco2)s1)N1CCc2ccccc21. The van der Waals surface area contributed by atoms with Crippen LogP contribution < -0.4 is 10.2 Å². The maximum absolute atomic E-state index is 12.5. The Labute approximate surface area is 153 Å². The van der Waals surface area contributed by atoms with Crippen molar-refractivity contribution in [2.24, 2.45) is 0 Å². The van der Waals surface area contributed by atoms with Crippen molar-refractivity contribution >= 4 is 39.8 Å². The molecule has 1 aliphatic heterocycles. The monoisotopic (exact) mass is 372 g/mol. The van der Waals surface area contributed by atoms with Crippen molar-refractivity contribution < 1.29 is 9.21 Å². The second-order valence-electron chi connectivity index (χ2n) is 5.52. The fourth-order valence-electron chi connectivity index (χ4n) is 2.71. The lowest BCUT2D eigenvalue weighted by atomic mass is 10.2. The highest BCUT2D eigenvalue weighted by Gasteiger charge is 2.24. The highest BCUT2D eigenvalue weighted by atomic mass is 32.2. The third kappa shape index (κ3) is 3.69. The fraction of sp³-hybridized carbons (Fsp3) is 0.235. The number of hydrogen-bond donors (Lipinski definition) is 1. The van der Waals surface area contributed by atoms with Crippen molar-refractivity contribution in [1.82, 2.24) is 10.2 Å². The number of nitrogens with zero attached hydrogens (tertiary/aromatic N) is 3. The van der Waals surface area contributed by atoms with Crippen LogP contribution in [0.3, 0.4) is 0 Å². The van der Waals surface area contributed by atoms with E-state index in [4.69, 9.17) is 4.42 Å². The average molecular weight is 372 g/mol. The predicted octanol–water partition coefficient (Wildman–Crippen LogP) is 3.42. The summed E-state index contributed by atoms with van der Waals surface area (Å²) >= 11 is 2.87. The van der Waals surface area contributed by atoms with Gasteiger partial charge in [0, 0.05) is 12.2 Å². The van der Waals surface area contributed by atoms with Gasteiger partial charge in [-0.15, -0.1) is 10.2 Å². The number of furan rings is 1. The Kier molecular flexibility index (Phi) is 4.71. The summed E-state index contributed by atoms with van der Waals surface area (Å²) in [6, 6.07) is 11.8. The molecule has 0 unspecified atom stereocenters. The highest BCUT2D eigenvalue weighted by molar-refractivity contribution is 8.01. The van der Waals surface area contributed by atoms with Crippen molar-refractivity contribution in [1.29, 1.82) is 0 Å². The van der Waals surface area contributed by atoms with E-state index < -0.39 is 0 Å². The number of para-hydroxylation sites is 1. The zero-order valence-corrected chi connectivity index (χ0v) is 15.0. The molecule has 25 heavy (non-hydrogen) atoms. The summed E-state index contributed by atoms with van der Waals surface area (Å²) in [4.78, 5) is 14.4. The zero-order valence-electron chi connectivity index (χ0n) is 13.3. The van der Waals surface area contributed by atoms with Crippen LogP contribution in [0.4, 0.5) is 10.8 Å². The summed E-state index contributed by atoms with van der Waals surface area (Å²) in [6.45, 7) is 1.32. The molecule has 0 aliphatic carbocycles. The van der Waals surface area contributed by atoms with Gasteiger partial charge < -0.3 is 14.6 Å². The van der Waals surface area contributed by atoms with Gasteiger partial charge >= 0.3 is 0 Å². The van der Waals surface area contributed by atoms with E-state index >= 15 is 0 Å². The van der Waals surface area contributed by atoms with Crippen molar-refractivity contribution in [2.45, 2.75) is 17.3 Å². The molecule has 6 nitrogen and oxygen atoms in total. The van der Waals surface area contributed by atoms with E-state index in [0.717, 1.165) is 33.9 Å². The van der Waals surface area contributed by atoms with E-state index in [0.29, 0.717) is 12.3 Å². The second kappa shape index (κ2) is 7.28. The van der Waals surface area contributed by atoms with Crippen LogP contribution in [0.15, 0.2) is 51.4 Å². The molecule has 0 fully saturated rings. The molecular weight excluding hydrogens is 356 g/mol. The molecule has 0 spiro atoms. The quantitative estimate of drug-likeness (QED) is 0.669. The Bertz CT molecular complexity index is 863. The molecule has 1 amide bonds. The minimum atomic E-state index is 0.107. The Morgan fingerprint density at radius 2 is 2.20 bits per heavy atom.